The first-order chi connectivity index (χ1) is 6.07. The maximum absolute atomic E-state index is 10.5. The Morgan fingerprint density at radius 2 is 2.00 bits per heavy atom. The highest BCUT2D eigenvalue weighted by Crippen LogP contribution is 2.03. The molecule has 0 unspecified atom stereocenters. The van der Waals surface area contributed by atoms with Crippen LogP contribution in [-0.4, -0.2) is 11.6 Å². The van der Waals surface area contributed by atoms with Gasteiger partial charge in [0, 0.05) is 5.70 Å². The van der Waals surface area contributed by atoms with Crippen LogP contribution in [0.1, 0.15) is 32.6 Å². The smallest absolute Gasteiger partial charge is 0.266 e. The number of rotatable bonds is 6. The van der Waals surface area contributed by atoms with E-state index in [-0.39, 0.29) is 5.71 Å². The number of nitrogens with one attached hydrogen (secondary N) is 1. The number of hydrogen-bond acceptors (Lipinski definition) is 3. The van der Waals surface area contributed by atoms with Gasteiger partial charge in [-0.2, -0.15) is 0 Å². The number of unbranched alkanes of at least 4 members (excludes halogenated alkanes) is 2. The van der Waals surface area contributed by atoms with Crippen LogP contribution in [0.5, 0.6) is 0 Å². The second-order valence-corrected chi connectivity index (χ2v) is 2.95. The van der Waals surface area contributed by atoms with Gasteiger partial charge >= 0.3 is 0 Å². The number of hydrogen-bond donors (Lipinski definition) is 3. The molecule has 0 radical (unpaired) electrons. The van der Waals surface area contributed by atoms with E-state index in [0.29, 0.717) is 5.70 Å². The molecule has 0 aromatic rings. The molecule has 74 valence electrons. The first-order valence-corrected chi connectivity index (χ1v) is 4.42. The molecule has 0 heterocycles. The van der Waals surface area contributed by atoms with Crippen LogP contribution in [-0.2, 0) is 4.79 Å². The van der Waals surface area contributed by atoms with Crippen molar-refractivity contribution in [3.8, 4) is 0 Å². The summed E-state index contributed by atoms with van der Waals surface area (Å²) in [6.45, 7) is 2.10. The maximum atomic E-state index is 10.5. The first-order valence-electron chi connectivity index (χ1n) is 4.42. The Morgan fingerprint density at radius 1 is 1.38 bits per heavy atom. The summed E-state index contributed by atoms with van der Waals surface area (Å²) in [6.07, 6.45) is 5.28. The molecule has 1 amide bonds. The minimum atomic E-state index is -0.738. The van der Waals surface area contributed by atoms with Crippen LogP contribution in [0.25, 0.3) is 0 Å². The van der Waals surface area contributed by atoms with Crippen LogP contribution < -0.4 is 11.5 Å². The van der Waals surface area contributed by atoms with Crippen molar-refractivity contribution in [3.63, 3.8) is 0 Å². The van der Waals surface area contributed by atoms with E-state index in [9.17, 15) is 4.79 Å². The van der Waals surface area contributed by atoms with E-state index in [2.05, 4.69) is 6.92 Å². The first kappa shape index (κ1) is 11.7. The summed E-state index contributed by atoms with van der Waals surface area (Å²) in [7, 11) is 0. The third kappa shape index (κ3) is 5.90. The second-order valence-electron chi connectivity index (χ2n) is 2.95. The highest BCUT2D eigenvalue weighted by molar-refractivity contribution is 6.41. The summed E-state index contributed by atoms with van der Waals surface area (Å²) in [5.74, 6) is -0.738. The van der Waals surface area contributed by atoms with Gasteiger partial charge in [0.25, 0.3) is 5.91 Å². The largest absolute Gasteiger partial charge is 0.402 e. The zero-order valence-electron chi connectivity index (χ0n) is 7.97. The Bertz CT molecular complexity index is 221. The third-order valence-electron chi connectivity index (χ3n) is 1.66. The molecule has 0 aliphatic heterocycles. The lowest BCUT2D eigenvalue weighted by molar-refractivity contribution is -0.111. The van der Waals surface area contributed by atoms with Crippen LogP contribution in [0.4, 0.5) is 0 Å². The SMILES string of the molecule is CCCCC/C(N)=C/C(=N)C(N)=O. The van der Waals surface area contributed by atoms with Crippen molar-refractivity contribution in [2.45, 2.75) is 32.6 Å². The maximum Gasteiger partial charge on any atom is 0.266 e. The average Bonchev–Trinajstić information content (AvgIpc) is 2.04. The molecule has 13 heavy (non-hydrogen) atoms. The molecular formula is C9H17N3O. The molecule has 0 aliphatic rings. The molecule has 0 aromatic carbocycles. The summed E-state index contributed by atoms with van der Waals surface area (Å²) < 4.78 is 0. The predicted octanol–water partition coefficient (Wildman–Crippen LogP) is 0.914. The number of primary amides is 1. The summed E-state index contributed by atoms with van der Waals surface area (Å²) >= 11 is 0. The standard InChI is InChI=1S/C9H17N3O/c1-2-3-4-5-7(10)6-8(11)9(12)13/h6,11H,2-5,10H2,1H3,(H2,12,13)/b7-6-,11-8?. The summed E-state index contributed by atoms with van der Waals surface area (Å²) in [4.78, 5) is 10.5. The molecule has 0 atom stereocenters. The van der Waals surface area contributed by atoms with Crippen LogP contribution in [0.3, 0.4) is 0 Å². The van der Waals surface area contributed by atoms with Crippen molar-refractivity contribution in [1.82, 2.24) is 0 Å². The number of nitrogens with two attached hydrogens (primary N) is 2. The normalized spacial score (nSPS) is 11.3. The molecule has 0 fully saturated rings. The van der Waals surface area contributed by atoms with Crippen LogP contribution in [0, 0.1) is 5.41 Å². The van der Waals surface area contributed by atoms with Crippen molar-refractivity contribution in [2.75, 3.05) is 0 Å². The fourth-order valence-electron chi connectivity index (χ4n) is 0.908. The van der Waals surface area contributed by atoms with E-state index >= 15 is 0 Å². The minimum absolute atomic E-state index is 0.228. The molecule has 0 bridgehead atoms. The van der Waals surface area contributed by atoms with Gasteiger partial charge < -0.3 is 11.5 Å². The molecular weight excluding hydrogens is 166 g/mol. The van der Waals surface area contributed by atoms with E-state index in [0.717, 1.165) is 25.7 Å². The quantitative estimate of drug-likeness (QED) is 0.422. The molecule has 0 spiro atoms. The van der Waals surface area contributed by atoms with Gasteiger partial charge in [-0.1, -0.05) is 19.8 Å². The number of amides is 1. The Labute approximate surface area is 78.5 Å². The number of allylic oxidation sites excluding steroid dienone is 1. The van der Waals surface area contributed by atoms with Gasteiger partial charge in [-0.3, -0.25) is 10.2 Å². The van der Waals surface area contributed by atoms with Crippen molar-refractivity contribution < 1.29 is 4.79 Å². The van der Waals surface area contributed by atoms with E-state index in [1.165, 1.54) is 6.08 Å². The topological polar surface area (TPSA) is 93.0 Å². The molecule has 4 nitrogen and oxygen atoms in total. The number of carbonyl (C=O) groups is 1. The van der Waals surface area contributed by atoms with Crippen molar-refractivity contribution in [3.05, 3.63) is 11.8 Å². The number of carbonyl (C=O) groups excluding carboxylic acids is 1. The van der Waals surface area contributed by atoms with Crippen molar-refractivity contribution >= 4 is 11.6 Å². The summed E-state index contributed by atoms with van der Waals surface area (Å²) in [5, 5.41) is 7.12. The van der Waals surface area contributed by atoms with Crippen LogP contribution >= 0.6 is 0 Å². The van der Waals surface area contributed by atoms with Gasteiger partial charge in [0.2, 0.25) is 0 Å². The Balaban J connectivity index is 3.87. The van der Waals surface area contributed by atoms with Gasteiger partial charge in [-0.05, 0) is 18.9 Å². The van der Waals surface area contributed by atoms with Crippen LogP contribution in [0.2, 0.25) is 0 Å². The molecule has 0 saturated heterocycles. The van der Waals surface area contributed by atoms with E-state index in [1.54, 1.807) is 0 Å². The fourth-order valence-corrected chi connectivity index (χ4v) is 0.908. The van der Waals surface area contributed by atoms with E-state index in [4.69, 9.17) is 16.9 Å². The molecule has 0 saturated carbocycles. The van der Waals surface area contributed by atoms with E-state index < -0.39 is 5.91 Å². The zero-order chi connectivity index (χ0) is 10.3. The minimum Gasteiger partial charge on any atom is -0.402 e. The third-order valence-corrected chi connectivity index (χ3v) is 1.66. The molecule has 0 aromatic heterocycles. The van der Waals surface area contributed by atoms with Gasteiger partial charge in [-0.25, -0.2) is 0 Å². The second kappa shape index (κ2) is 6.22. The lowest BCUT2D eigenvalue weighted by Crippen LogP contribution is -2.21. The van der Waals surface area contributed by atoms with Gasteiger partial charge in [0.1, 0.15) is 5.71 Å². The summed E-state index contributed by atoms with van der Waals surface area (Å²) in [5.41, 5.74) is 10.8. The van der Waals surface area contributed by atoms with Gasteiger partial charge in [0.05, 0.1) is 0 Å². The molecule has 0 rings (SSSR count). The molecule has 0 aliphatic carbocycles. The van der Waals surface area contributed by atoms with Crippen molar-refractivity contribution in [2.24, 2.45) is 11.5 Å². The van der Waals surface area contributed by atoms with Gasteiger partial charge in [0.15, 0.2) is 0 Å². The lowest BCUT2D eigenvalue weighted by atomic mass is 10.1. The highest BCUT2D eigenvalue weighted by Gasteiger charge is 2.00. The zero-order valence-corrected chi connectivity index (χ0v) is 7.97. The highest BCUT2D eigenvalue weighted by atomic mass is 16.1. The Hall–Kier alpha value is -1.32. The predicted molar refractivity (Wildman–Crippen MR) is 53.3 cm³/mol. The summed E-state index contributed by atoms with van der Waals surface area (Å²) in [6, 6.07) is 0. The van der Waals surface area contributed by atoms with Crippen LogP contribution in [0.15, 0.2) is 11.8 Å². The van der Waals surface area contributed by atoms with Gasteiger partial charge in [-0.15, -0.1) is 0 Å². The van der Waals surface area contributed by atoms with Crippen molar-refractivity contribution in [1.29, 1.82) is 5.41 Å². The molecule has 4 heteroatoms. The Morgan fingerprint density at radius 3 is 2.46 bits per heavy atom. The lowest BCUT2D eigenvalue weighted by Gasteiger charge is -1.99. The fraction of sp³-hybridized carbons (Fsp3) is 0.556. The average molecular weight is 183 g/mol. The molecule has 5 N–H and O–H groups in total. The monoisotopic (exact) mass is 183 g/mol. The van der Waals surface area contributed by atoms with E-state index in [1.807, 2.05) is 0 Å². The Kier molecular flexibility index (Phi) is 5.59.